The lowest BCUT2D eigenvalue weighted by Gasteiger charge is -2.12. The van der Waals surface area contributed by atoms with Gasteiger partial charge >= 0.3 is 0 Å². The van der Waals surface area contributed by atoms with Crippen LogP contribution in [-0.4, -0.2) is 53.7 Å². The maximum atomic E-state index is 12.1. The van der Waals surface area contributed by atoms with Gasteiger partial charge in [0.2, 0.25) is 0 Å². The number of rotatable bonds is 2. The number of aliphatic hydroxyl groups is 1. The zero-order valence-electron chi connectivity index (χ0n) is 10.9. The number of hydrogen-bond donors (Lipinski definition) is 2. The Hall–Kier alpha value is -1.90. The first-order chi connectivity index (χ1) is 9.19. The molecule has 1 unspecified atom stereocenters. The molecule has 5 nitrogen and oxygen atoms in total. The van der Waals surface area contributed by atoms with Gasteiger partial charge in [-0.15, -0.1) is 0 Å². The Morgan fingerprint density at radius 3 is 3.16 bits per heavy atom. The molecule has 2 rings (SSSR count). The second-order valence-corrected chi connectivity index (χ2v) is 4.64. The Labute approximate surface area is 112 Å². The van der Waals surface area contributed by atoms with Crippen LogP contribution in [0.1, 0.15) is 22.3 Å². The zero-order chi connectivity index (χ0) is 13.7. The summed E-state index contributed by atoms with van der Waals surface area (Å²) >= 11 is 0. The molecule has 0 aromatic carbocycles. The van der Waals surface area contributed by atoms with Crippen molar-refractivity contribution in [3.63, 3.8) is 0 Å². The number of aliphatic hydroxyl groups excluding tert-OH is 1. The molecule has 5 heteroatoms. The Balaban J connectivity index is 2.02. The lowest BCUT2D eigenvalue weighted by atomic mass is 10.2. The third-order valence-electron chi connectivity index (χ3n) is 3.04. The van der Waals surface area contributed by atoms with Gasteiger partial charge < -0.3 is 15.3 Å². The maximum absolute atomic E-state index is 12.1. The van der Waals surface area contributed by atoms with Crippen LogP contribution in [0.4, 0.5) is 0 Å². The number of aromatic nitrogens is 1. The molecule has 1 atom stereocenters. The maximum Gasteiger partial charge on any atom is 0.253 e. The van der Waals surface area contributed by atoms with Gasteiger partial charge in [0.05, 0.1) is 5.56 Å². The molecule has 0 spiro atoms. The highest BCUT2D eigenvalue weighted by Gasteiger charge is 2.21. The summed E-state index contributed by atoms with van der Waals surface area (Å²) in [4.78, 5) is 18.2. The van der Waals surface area contributed by atoms with Gasteiger partial charge in [0.1, 0.15) is 6.61 Å². The Kier molecular flexibility index (Phi) is 4.50. The standard InChI is InChI=1S/C14H17N3O2/c1-17-5-4-13(10-17)16-14(19)12-7-11(3-2-6-18)8-15-9-12/h7-9,13,18H,4-6,10H2,1H3,(H,16,19). The number of nitrogens with zero attached hydrogens (tertiary/aromatic N) is 2. The summed E-state index contributed by atoms with van der Waals surface area (Å²) in [7, 11) is 2.04. The number of nitrogens with one attached hydrogen (secondary N) is 1. The first-order valence-electron chi connectivity index (χ1n) is 6.23. The van der Waals surface area contributed by atoms with Gasteiger partial charge in [0, 0.05) is 30.5 Å². The smallest absolute Gasteiger partial charge is 0.253 e. The van der Waals surface area contributed by atoms with Crippen molar-refractivity contribution < 1.29 is 9.90 Å². The third kappa shape index (κ3) is 3.78. The summed E-state index contributed by atoms with van der Waals surface area (Å²) in [6.07, 6.45) is 4.07. The lowest BCUT2D eigenvalue weighted by molar-refractivity contribution is 0.0938. The average Bonchev–Trinajstić information content (AvgIpc) is 2.82. The fourth-order valence-corrected chi connectivity index (χ4v) is 2.10. The van der Waals surface area contributed by atoms with Crippen LogP contribution in [0.5, 0.6) is 0 Å². The molecule has 2 N–H and O–H groups in total. The highest BCUT2D eigenvalue weighted by atomic mass is 16.2. The SMILES string of the molecule is CN1CCC(NC(=O)c2cncc(C#CCO)c2)C1. The van der Waals surface area contributed by atoms with Crippen LogP contribution in [0, 0.1) is 11.8 Å². The van der Waals surface area contributed by atoms with Crippen molar-refractivity contribution in [1.29, 1.82) is 0 Å². The molecule has 1 aliphatic rings. The van der Waals surface area contributed by atoms with Crippen LogP contribution in [0.2, 0.25) is 0 Å². The van der Waals surface area contributed by atoms with E-state index in [0.29, 0.717) is 11.1 Å². The summed E-state index contributed by atoms with van der Waals surface area (Å²) < 4.78 is 0. The fraction of sp³-hybridized carbons (Fsp3) is 0.429. The van der Waals surface area contributed by atoms with Crippen molar-refractivity contribution in [2.24, 2.45) is 0 Å². The largest absolute Gasteiger partial charge is 0.384 e. The average molecular weight is 259 g/mol. The predicted molar refractivity (Wildman–Crippen MR) is 71.6 cm³/mol. The Bertz CT molecular complexity index is 519. The molecule has 2 heterocycles. The van der Waals surface area contributed by atoms with Crippen LogP contribution >= 0.6 is 0 Å². The molecule has 0 saturated carbocycles. The third-order valence-corrected chi connectivity index (χ3v) is 3.04. The number of amides is 1. The van der Waals surface area contributed by atoms with Crippen molar-refractivity contribution in [2.45, 2.75) is 12.5 Å². The minimum Gasteiger partial charge on any atom is -0.384 e. The molecule has 0 radical (unpaired) electrons. The van der Waals surface area contributed by atoms with E-state index in [1.165, 1.54) is 6.20 Å². The van der Waals surface area contributed by atoms with Crippen molar-refractivity contribution in [3.05, 3.63) is 29.6 Å². The van der Waals surface area contributed by atoms with E-state index in [-0.39, 0.29) is 18.6 Å². The number of likely N-dealkylation sites (N-methyl/N-ethyl adjacent to an activating group) is 1. The van der Waals surface area contributed by atoms with E-state index < -0.39 is 0 Å². The molecule has 0 bridgehead atoms. The van der Waals surface area contributed by atoms with Crippen LogP contribution < -0.4 is 5.32 Å². The normalized spacial score (nSPS) is 18.7. The van der Waals surface area contributed by atoms with E-state index in [1.54, 1.807) is 12.3 Å². The molecule has 1 aromatic rings. The molecule has 0 aliphatic carbocycles. The first-order valence-corrected chi connectivity index (χ1v) is 6.23. The van der Waals surface area contributed by atoms with Crippen LogP contribution in [0.15, 0.2) is 18.5 Å². The zero-order valence-corrected chi connectivity index (χ0v) is 10.9. The minimum atomic E-state index is -0.204. The van der Waals surface area contributed by atoms with Gasteiger partial charge in [-0.25, -0.2) is 0 Å². The van der Waals surface area contributed by atoms with Crippen LogP contribution in [-0.2, 0) is 0 Å². The number of hydrogen-bond acceptors (Lipinski definition) is 4. The van der Waals surface area contributed by atoms with Gasteiger partial charge in [-0.3, -0.25) is 9.78 Å². The van der Waals surface area contributed by atoms with E-state index in [4.69, 9.17) is 5.11 Å². The van der Waals surface area contributed by atoms with E-state index in [2.05, 4.69) is 27.0 Å². The second-order valence-electron chi connectivity index (χ2n) is 4.64. The molecule has 1 saturated heterocycles. The number of pyridine rings is 1. The summed E-state index contributed by atoms with van der Waals surface area (Å²) in [6.45, 7) is 1.68. The molecule has 1 amide bonds. The summed E-state index contributed by atoms with van der Waals surface area (Å²) in [5.41, 5.74) is 1.13. The molecule has 1 aliphatic heterocycles. The van der Waals surface area contributed by atoms with Gasteiger partial charge in [0.15, 0.2) is 0 Å². The monoisotopic (exact) mass is 259 g/mol. The van der Waals surface area contributed by atoms with E-state index in [1.807, 2.05) is 7.05 Å². The van der Waals surface area contributed by atoms with Gasteiger partial charge in [-0.2, -0.15) is 0 Å². The molecule has 19 heavy (non-hydrogen) atoms. The number of likely N-dealkylation sites (tertiary alicyclic amines) is 1. The summed E-state index contributed by atoms with van der Waals surface area (Å²) in [5.74, 6) is 5.15. The first kappa shape index (κ1) is 13.5. The molecule has 1 fully saturated rings. The summed E-state index contributed by atoms with van der Waals surface area (Å²) in [6, 6.07) is 1.88. The fourth-order valence-electron chi connectivity index (χ4n) is 2.10. The second kappa shape index (κ2) is 6.32. The van der Waals surface area contributed by atoms with Crippen molar-refractivity contribution in [2.75, 3.05) is 26.7 Å². The van der Waals surface area contributed by atoms with Crippen LogP contribution in [0.3, 0.4) is 0 Å². The van der Waals surface area contributed by atoms with E-state index in [0.717, 1.165) is 19.5 Å². The van der Waals surface area contributed by atoms with E-state index >= 15 is 0 Å². The van der Waals surface area contributed by atoms with E-state index in [9.17, 15) is 4.79 Å². The number of carbonyl (C=O) groups excluding carboxylic acids is 1. The van der Waals surface area contributed by atoms with Crippen LogP contribution in [0.25, 0.3) is 0 Å². The summed E-state index contributed by atoms with van der Waals surface area (Å²) in [5, 5.41) is 11.6. The Morgan fingerprint density at radius 1 is 1.63 bits per heavy atom. The van der Waals surface area contributed by atoms with Crippen molar-refractivity contribution >= 4 is 5.91 Å². The Morgan fingerprint density at radius 2 is 2.47 bits per heavy atom. The number of carbonyl (C=O) groups is 1. The van der Waals surface area contributed by atoms with Gasteiger partial charge in [-0.05, 0) is 26.1 Å². The van der Waals surface area contributed by atoms with Crippen molar-refractivity contribution in [1.82, 2.24) is 15.2 Å². The highest BCUT2D eigenvalue weighted by molar-refractivity contribution is 5.94. The molecule has 100 valence electrons. The van der Waals surface area contributed by atoms with Gasteiger partial charge in [-0.1, -0.05) is 11.8 Å². The lowest BCUT2D eigenvalue weighted by Crippen LogP contribution is -2.36. The molecular weight excluding hydrogens is 242 g/mol. The molecule has 1 aromatic heterocycles. The quantitative estimate of drug-likeness (QED) is 0.726. The van der Waals surface area contributed by atoms with Crippen molar-refractivity contribution in [3.8, 4) is 11.8 Å². The minimum absolute atomic E-state index is 0.125. The highest BCUT2D eigenvalue weighted by Crippen LogP contribution is 2.08. The predicted octanol–water partition coefficient (Wildman–Crippen LogP) is -0.141. The topological polar surface area (TPSA) is 65.5 Å². The van der Waals surface area contributed by atoms with Gasteiger partial charge in [0.25, 0.3) is 5.91 Å². The molecular formula is C14H17N3O2.